The molecular weight excluding hydrogens is 618 g/mol. The number of carbonyl (C=O) groups excluding carboxylic acids is 4. The summed E-state index contributed by atoms with van der Waals surface area (Å²) in [4.78, 5) is 55.6. The van der Waals surface area contributed by atoms with E-state index in [0.29, 0.717) is 13.0 Å². The van der Waals surface area contributed by atoms with Gasteiger partial charge in [0, 0.05) is 13.5 Å². The third-order valence-corrected chi connectivity index (χ3v) is 6.46. The van der Waals surface area contributed by atoms with Crippen LogP contribution in [0.4, 0.5) is 9.59 Å². The summed E-state index contributed by atoms with van der Waals surface area (Å²) in [5.41, 5.74) is 3.88. The summed E-state index contributed by atoms with van der Waals surface area (Å²) in [6.45, 7) is 15.8. The van der Waals surface area contributed by atoms with Crippen LogP contribution < -0.4 is 21.7 Å². The van der Waals surface area contributed by atoms with Crippen LogP contribution in [0.2, 0.25) is 0 Å². The second kappa shape index (κ2) is 17.1. The lowest BCUT2D eigenvalue weighted by molar-refractivity contribution is -0.179. The summed E-state index contributed by atoms with van der Waals surface area (Å²) < 4.78 is 40.2. The molecule has 0 aromatic rings. The first kappa shape index (κ1) is 39.7. The minimum absolute atomic E-state index is 0.129. The van der Waals surface area contributed by atoms with Crippen molar-refractivity contribution in [2.24, 2.45) is 10.7 Å². The summed E-state index contributed by atoms with van der Waals surface area (Å²) in [6, 6.07) is -2.15. The second-order valence-corrected chi connectivity index (χ2v) is 13.6. The maximum Gasteiger partial charge on any atom is 0.414 e. The van der Waals surface area contributed by atoms with Crippen molar-refractivity contribution < 1.29 is 52.3 Å². The normalized spacial score (nSPS) is 22.9. The number of aliphatic imine (C=N–C) groups is 1. The zero-order valence-electron chi connectivity index (χ0n) is 29.2. The number of guanidine groups is 1. The minimum atomic E-state index is -1.13. The largest absolute Gasteiger partial charge is 0.478 e. The van der Waals surface area contributed by atoms with Crippen LogP contribution in [0.25, 0.3) is 0 Å². The molecule has 0 aliphatic carbocycles. The zero-order valence-corrected chi connectivity index (χ0v) is 29.2. The van der Waals surface area contributed by atoms with Gasteiger partial charge < -0.3 is 44.2 Å². The predicted octanol–water partition coefficient (Wildman–Crippen LogP) is 2.39. The SMILES string of the molecule is COC(=O)C1=C[C@H](N=C(NC(=O)OC(C)(C)C)NC(=O)OC(C)(C)C)[C@@H](NC(C)=O)[C@H]([C@H](OCCCCCN)[C@H]2COC(C)(C)O2)O1. The second-order valence-electron chi connectivity index (χ2n) is 13.6. The number of unbranched alkanes of at least 4 members (excludes halogenated alkanes) is 2. The molecule has 5 atom stereocenters. The fourth-order valence-corrected chi connectivity index (χ4v) is 4.70. The van der Waals surface area contributed by atoms with Crippen molar-refractivity contribution in [3.63, 3.8) is 0 Å². The first-order valence-electron chi connectivity index (χ1n) is 15.7. The third kappa shape index (κ3) is 14.0. The van der Waals surface area contributed by atoms with Crippen molar-refractivity contribution in [1.29, 1.82) is 0 Å². The number of rotatable bonds is 11. The summed E-state index contributed by atoms with van der Waals surface area (Å²) >= 11 is 0. The van der Waals surface area contributed by atoms with E-state index >= 15 is 0 Å². The molecule has 2 aliphatic heterocycles. The van der Waals surface area contributed by atoms with Crippen LogP contribution >= 0.6 is 0 Å². The number of alkyl carbamates (subject to hydrolysis) is 2. The number of methoxy groups -OCH3 is 1. The molecule has 16 heteroatoms. The summed E-state index contributed by atoms with van der Waals surface area (Å²) in [5.74, 6) is -2.84. The van der Waals surface area contributed by atoms with E-state index in [1.165, 1.54) is 20.1 Å². The van der Waals surface area contributed by atoms with E-state index in [4.69, 9.17) is 38.9 Å². The lowest BCUT2D eigenvalue weighted by Gasteiger charge is -2.41. The lowest BCUT2D eigenvalue weighted by Crippen LogP contribution is -2.61. The third-order valence-electron chi connectivity index (χ3n) is 6.46. The first-order valence-corrected chi connectivity index (χ1v) is 15.7. The molecule has 0 aromatic heterocycles. The van der Waals surface area contributed by atoms with Gasteiger partial charge in [0.15, 0.2) is 11.9 Å². The molecular formula is C31H53N5O11. The fourth-order valence-electron chi connectivity index (χ4n) is 4.70. The molecule has 2 rings (SSSR count). The molecule has 268 valence electrons. The lowest BCUT2D eigenvalue weighted by atomic mass is 9.92. The van der Waals surface area contributed by atoms with Crippen LogP contribution in [0.1, 0.15) is 81.6 Å². The molecule has 0 unspecified atom stereocenters. The highest BCUT2D eigenvalue weighted by Crippen LogP contribution is 2.32. The van der Waals surface area contributed by atoms with E-state index in [9.17, 15) is 19.2 Å². The molecule has 0 spiro atoms. The Morgan fingerprint density at radius 2 is 1.62 bits per heavy atom. The molecule has 1 saturated heterocycles. The zero-order chi connectivity index (χ0) is 35.6. The van der Waals surface area contributed by atoms with Crippen LogP contribution in [0, 0.1) is 0 Å². The van der Waals surface area contributed by atoms with Gasteiger partial charge in [-0.1, -0.05) is 0 Å². The number of hydrogen-bond donors (Lipinski definition) is 4. The first-order chi connectivity index (χ1) is 21.7. The Labute approximate surface area is 276 Å². The van der Waals surface area contributed by atoms with Gasteiger partial charge >= 0.3 is 18.2 Å². The molecule has 2 heterocycles. The monoisotopic (exact) mass is 671 g/mol. The smallest absolute Gasteiger partial charge is 0.414 e. The Morgan fingerprint density at radius 1 is 1.02 bits per heavy atom. The number of hydrogen-bond acceptors (Lipinski definition) is 13. The Bertz CT molecular complexity index is 1130. The van der Waals surface area contributed by atoms with Gasteiger partial charge in [-0.05, 0) is 87.3 Å². The molecule has 0 saturated carbocycles. The van der Waals surface area contributed by atoms with Gasteiger partial charge in [0.25, 0.3) is 0 Å². The highest BCUT2D eigenvalue weighted by molar-refractivity contribution is 6.01. The highest BCUT2D eigenvalue weighted by Gasteiger charge is 2.49. The van der Waals surface area contributed by atoms with Gasteiger partial charge in [-0.3, -0.25) is 15.4 Å². The Hall–Kier alpha value is -3.47. The molecule has 0 aromatic carbocycles. The van der Waals surface area contributed by atoms with Crippen LogP contribution in [-0.2, 0) is 42.7 Å². The Morgan fingerprint density at radius 3 is 2.09 bits per heavy atom. The van der Waals surface area contributed by atoms with Gasteiger partial charge in [0.1, 0.15) is 23.4 Å². The minimum Gasteiger partial charge on any atom is -0.478 e. The molecule has 0 bridgehead atoms. The van der Waals surface area contributed by atoms with Crippen molar-refractivity contribution in [3.8, 4) is 0 Å². The number of ether oxygens (including phenoxy) is 7. The van der Waals surface area contributed by atoms with Crippen molar-refractivity contribution >= 4 is 30.0 Å². The molecule has 2 aliphatic rings. The van der Waals surface area contributed by atoms with Gasteiger partial charge in [0.05, 0.1) is 25.8 Å². The fraction of sp³-hybridized carbons (Fsp3) is 0.774. The average molecular weight is 672 g/mol. The summed E-state index contributed by atoms with van der Waals surface area (Å²) in [7, 11) is 1.18. The average Bonchev–Trinajstić information content (AvgIpc) is 3.27. The maximum absolute atomic E-state index is 12.9. The Balaban J connectivity index is 2.64. The number of esters is 1. The number of amides is 3. The molecule has 5 N–H and O–H groups in total. The van der Waals surface area contributed by atoms with E-state index < -0.39 is 71.4 Å². The van der Waals surface area contributed by atoms with Crippen molar-refractivity contribution in [2.75, 3.05) is 26.9 Å². The Kier molecular flexibility index (Phi) is 14.4. The van der Waals surface area contributed by atoms with E-state index in [1.807, 2.05) is 0 Å². The maximum atomic E-state index is 12.9. The van der Waals surface area contributed by atoms with E-state index in [0.717, 1.165) is 12.8 Å². The van der Waals surface area contributed by atoms with E-state index in [-0.39, 0.29) is 24.9 Å². The van der Waals surface area contributed by atoms with Crippen molar-refractivity contribution in [2.45, 2.75) is 129 Å². The summed E-state index contributed by atoms with van der Waals surface area (Å²) in [6.07, 6.45) is -0.912. The van der Waals surface area contributed by atoms with Gasteiger partial charge in [-0.15, -0.1) is 0 Å². The van der Waals surface area contributed by atoms with Gasteiger partial charge in [0.2, 0.25) is 17.6 Å². The molecule has 3 amide bonds. The number of nitrogens with two attached hydrogens (primary N) is 1. The number of nitrogens with zero attached hydrogens (tertiary/aromatic N) is 1. The predicted molar refractivity (Wildman–Crippen MR) is 170 cm³/mol. The van der Waals surface area contributed by atoms with E-state index in [1.54, 1.807) is 55.4 Å². The highest BCUT2D eigenvalue weighted by atomic mass is 16.8. The molecule has 47 heavy (non-hydrogen) atoms. The number of nitrogens with one attached hydrogen (secondary N) is 3. The summed E-state index contributed by atoms with van der Waals surface area (Å²) in [5, 5.41) is 7.68. The van der Waals surface area contributed by atoms with Gasteiger partial charge in [-0.25, -0.2) is 19.4 Å². The quantitative estimate of drug-likeness (QED) is 0.0821. The van der Waals surface area contributed by atoms with Crippen molar-refractivity contribution in [1.82, 2.24) is 16.0 Å². The van der Waals surface area contributed by atoms with Crippen LogP contribution in [0.5, 0.6) is 0 Å². The molecule has 1 fully saturated rings. The molecule has 0 radical (unpaired) electrons. The standard InChI is InChI=1S/C31H53N5O11/c1-18(37)33-22-19(34-26(35-27(39)46-29(2,3)4)36-28(40)47-30(5,6)7)16-20(25(38)41-10)44-24(22)23(42-15-13-11-12-14-32)21-17-43-31(8,9)45-21/h16,19,21-24H,11-15,17,32H2,1-10H3,(H,33,37)(H2,34,35,36,39,40)/t19-,21+,22+,23+,24+/m0/s1. The van der Waals surface area contributed by atoms with E-state index in [2.05, 4.69) is 20.9 Å². The number of carbonyl (C=O) groups is 4. The molecule has 16 nitrogen and oxygen atoms in total. The van der Waals surface area contributed by atoms with Crippen LogP contribution in [0.15, 0.2) is 16.8 Å². The van der Waals surface area contributed by atoms with Crippen LogP contribution in [0.3, 0.4) is 0 Å². The van der Waals surface area contributed by atoms with Crippen LogP contribution in [-0.4, -0.2) is 104 Å². The van der Waals surface area contributed by atoms with Crippen molar-refractivity contribution in [3.05, 3.63) is 11.8 Å². The van der Waals surface area contributed by atoms with Gasteiger partial charge in [-0.2, -0.15) is 0 Å². The topological polar surface area (TPSA) is 207 Å².